The van der Waals surface area contributed by atoms with Gasteiger partial charge in [0.25, 0.3) is 0 Å². The maximum Gasteiger partial charge on any atom is 0.463 e. The van der Waals surface area contributed by atoms with Crippen molar-refractivity contribution in [1.82, 2.24) is 5.32 Å². The second kappa shape index (κ2) is 4.52. The van der Waals surface area contributed by atoms with Gasteiger partial charge in [0.2, 0.25) is 0 Å². The third kappa shape index (κ3) is 2.81. The maximum atomic E-state index is 12.5. The molecule has 16 heavy (non-hydrogen) atoms. The second-order valence-corrected chi connectivity index (χ2v) is 3.43. The summed E-state index contributed by atoms with van der Waals surface area (Å²) in [5.74, 6) is -7.64. The predicted molar refractivity (Wildman–Crippen MR) is 43.0 cm³/mol. The van der Waals surface area contributed by atoms with Crippen molar-refractivity contribution in [2.75, 3.05) is 13.2 Å². The molecular weight excluding hydrogens is 237 g/mol. The fourth-order valence-electron chi connectivity index (χ4n) is 1.25. The molecule has 0 spiro atoms. The number of hydrogen-bond donors (Lipinski definition) is 1. The number of amides is 1. The molecule has 0 aromatic rings. The minimum Gasteiger partial charge on any atom is -0.381 e. The van der Waals surface area contributed by atoms with Crippen LogP contribution in [0.4, 0.5) is 22.0 Å². The van der Waals surface area contributed by atoms with Gasteiger partial charge in [0.15, 0.2) is 0 Å². The molecule has 8 heteroatoms. The Bertz CT molecular complexity index is 260. The molecule has 0 aromatic carbocycles. The lowest BCUT2D eigenvalue weighted by atomic mass is 10.1. The van der Waals surface area contributed by atoms with Crippen LogP contribution in [0.25, 0.3) is 0 Å². The smallest absolute Gasteiger partial charge is 0.381 e. The molecular formula is C8H10F5NO2. The van der Waals surface area contributed by atoms with Crippen LogP contribution in [-0.4, -0.2) is 37.3 Å². The zero-order chi connectivity index (χ0) is 12.4. The first-order valence-corrected chi connectivity index (χ1v) is 4.58. The van der Waals surface area contributed by atoms with Crippen molar-refractivity contribution in [3.05, 3.63) is 0 Å². The van der Waals surface area contributed by atoms with Crippen LogP contribution in [0, 0.1) is 0 Å². The van der Waals surface area contributed by atoms with E-state index in [1.807, 2.05) is 0 Å². The standard InChI is InChI=1S/C8H10F5NO2/c9-7(10,8(11,12)13)6(15)14-5-1-3-16-4-2-5/h5H,1-4H2,(H,14,15). The fraction of sp³-hybridized carbons (Fsp3) is 0.875. The fourth-order valence-corrected chi connectivity index (χ4v) is 1.25. The normalized spacial score (nSPS) is 19.6. The third-order valence-electron chi connectivity index (χ3n) is 2.20. The molecule has 3 nitrogen and oxygen atoms in total. The summed E-state index contributed by atoms with van der Waals surface area (Å²) in [5, 5.41) is 1.68. The van der Waals surface area contributed by atoms with E-state index in [2.05, 4.69) is 0 Å². The molecule has 1 heterocycles. The van der Waals surface area contributed by atoms with Gasteiger partial charge in [-0.05, 0) is 12.8 Å². The second-order valence-electron chi connectivity index (χ2n) is 3.43. The van der Waals surface area contributed by atoms with E-state index in [1.54, 1.807) is 5.32 Å². The van der Waals surface area contributed by atoms with Crippen LogP contribution in [0.5, 0.6) is 0 Å². The molecule has 1 fully saturated rings. The van der Waals surface area contributed by atoms with Crippen LogP contribution >= 0.6 is 0 Å². The summed E-state index contributed by atoms with van der Waals surface area (Å²) in [6, 6.07) is -0.686. The number of halogens is 5. The zero-order valence-corrected chi connectivity index (χ0v) is 8.11. The van der Waals surface area contributed by atoms with Gasteiger partial charge in [0.05, 0.1) is 0 Å². The molecule has 1 rings (SSSR count). The van der Waals surface area contributed by atoms with Gasteiger partial charge < -0.3 is 10.1 Å². The van der Waals surface area contributed by atoms with Crippen molar-refractivity contribution >= 4 is 5.91 Å². The molecule has 0 bridgehead atoms. The Morgan fingerprint density at radius 1 is 1.12 bits per heavy atom. The summed E-state index contributed by atoms with van der Waals surface area (Å²) in [4.78, 5) is 10.8. The summed E-state index contributed by atoms with van der Waals surface area (Å²) in [6.07, 6.45) is -5.39. The first-order valence-electron chi connectivity index (χ1n) is 4.58. The minimum atomic E-state index is -5.86. The summed E-state index contributed by atoms with van der Waals surface area (Å²) < 4.78 is 65.3. The molecule has 1 amide bonds. The lowest BCUT2D eigenvalue weighted by Crippen LogP contribution is -2.53. The van der Waals surface area contributed by atoms with Gasteiger partial charge in [-0.25, -0.2) is 0 Å². The Morgan fingerprint density at radius 3 is 2.06 bits per heavy atom. The van der Waals surface area contributed by atoms with E-state index in [0.29, 0.717) is 0 Å². The van der Waals surface area contributed by atoms with Gasteiger partial charge in [-0.2, -0.15) is 22.0 Å². The SMILES string of the molecule is O=C(NC1CCOCC1)C(F)(F)C(F)(F)F. The van der Waals surface area contributed by atoms with E-state index >= 15 is 0 Å². The number of nitrogens with one attached hydrogen (secondary N) is 1. The molecule has 0 aromatic heterocycles. The number of rotatable bonds is 2. The Balaban J connectivity index is 2.57. The van der Waals surface area contributed by atoms with E-state index in [4.69, 9.17) is 4.74 Å². The number of carbonyl (C=O) groups is 1. The average molecular weight is 247 g/mol. The van der Waals surface area contributed by atoms with E-state index in [9.17, 15) is 26.7 Å². The topological polar surface area (TPSA) is 38.3 Å². The van der Waals surface area contributed by atoms with E-state index < -0.39 is 24.0 Å². The van der Waals surface area contributed by atoms with Gasteiger partial charge in [-0.1, -0.05) is 0 Å². The molecule has 0 aliphatic carbocycles. The van der Waals surface area contributed by atoms with Gasteiger partial charge in [-0.15, -0.1) is 0 Å². The highest BCUT2D eigenvalue weighted by atomic mass is 19.4. The number of alkyl halides is 5. The van der Waals surface area contributed by atoms with E-state index in [0.717, 1.165) is 0 Å². The summed E-state index contributed by atoms with van der Waals surface area (Å²) in [5.41, 5.74) is 0. The summed E-state index contributed by atoms with van der Waals surface area (Å²) in [6.45, 7) is 0.477. The first kappa shape index (κ1) is 13.1. The maximum absolute atomic E-state index is 12.5. The Kier molecular flexibility index (Phi) is 3.72. The Hall–Kier alpha value is -0.920. The predicted octanol–water partition coefficient (Wildman–Crippen LogP) is 1.48. The van der Waals surface area contributed by atoms with E-state index in [1.165, 1.54) is 0 Å². The third-order valence-corrected chi connectivity index (χ3v) is 2.20. The molecule has 1 aliphatic rings. The van der Waals surface area contributed by atoms with Crippen molar-refractivity contribution < 1.29 is 31.5 Å². The summed E-state index contributed by atoms with van der Waals surface area (Å²) in [7, 11) is 0. The number of carbonyl (C=O) groups excluding carboxylic acids is 1. The van der Waals surface area contributed by atoms with Crippen molar-refractivity contribution in [1.29, 1.82) is 0 Å². The van der Waals surface area contributed by atoms with Gasteiger partial charge >= 0.3 is 18.0 Å². The van der Waals surface area contributed by atoms with Crippen molar-refractivity contribution in [2.24, 2.45) is 0 Å². The highest BCUT2D eigenvalue weighted by Gasteiger charge is 2.63. The lowest BCUT2D eigenvalue weighted by Gasteiger charge is -2.26. The molecule has 0 unspecified atom stereocenters. The largest absolute Gasteiger partial charge is 0.463 e. The quantitative estimate of drug-likeness (QED) is 0.750. The number of ether oxygens (including phenoxy) is 1. The minimum absolute atomic E-state index is 0.236. The van der Waals surface area contributed by atoms with E-state index in [-0.39, 0.29) is 26.1 Å². The average Bonchev–Trinajstić information content (AvgIpc) is 2.17. The molecule has 0 saturated carbocycles. The van der Waals surface area contributed by atoms with Crippen molar-refractivity contribution in [2.45, 2.75) is 31.0 Å². The van der Waals surface area contributed by atoms with Crippen LogP contribution < -0.4 is 5.32 Å². The van der Waals surface area contributed by atoms with Gasteiger partial charge in [0, 0.05) is 19.3 Å². The molecule has 1 saturated heterocycles. The highest BCUT2D eigenvalue weighted by molar-refractivity contribution is 5.84. The molecule has 1 aliphatic heterocycles. The molecule has 1 N–H and O–H groups in total. The van der Waals surface area contributed by atoms with Crippen LogP contribution in [0.15, 0.2) is 0 Å². The van der Waals surface area contributed by atoms with Crippen LogP contribution in [0.1, 0.15) is 12.8 Å². The highest BCUT2D eigenvalue weighted by Crippen LogP contribution is 2.35. The van der Waals surface area contributed by atoms with Crippen LogP contribution in [0.2, 0.25) is 0 Å². The molecule has 0 radical (unpaired) electrons. The lowest BCUT2D eigenvalue weighted by molar-refractivity contribution is -0.270. The first-order chi connectivity index (χ1) is 7.25. The van der Waals surface area contributed by atoms with Crippen molar-refractivity contribution in [3.8, 4) is 0 Å². The van der Waals surface area contributed by atoms with Gasteiger partial charge in [-0.3, -0.25) is 4.79 Å². The molecule has 94 valence electrons. The van der Waals surface area contributed by atoms with Crippen LogP contribution in [0.3, 0.4) is 0 Å². The zero-order valence-electron chi connectivity index (χ0n) is 8.11. The van der Waals surface area contributed by atoms with Crippen LogP contribution in [-0.2, 0) is 9.53 Å². The van der Waals surface area contributed by atoms with Crippen molar-refractivity contribution in [3.63, 3.8) is 0 Å². The Labute approximate surface area is 87.9 Å². The number of hydrogen-bond acceptors (Lipinski definition) is 2. The summed E-state index contributed by atoms with van der Waals surface area (Å²) >= 11 is 0. The monoisotopic (exact) mass is 247 g/mol. The Morgan fingerprint density at radius 2 is 1.62 bits per heavy atom. The van der Waals surface area contributed by atoms with Gasteiger partial charge in [0.1, 0.15) is 0 Å². The molecule has 0 atom stereocenters.